The van der Waals surface area contributed by atoms with E-state index in [2.05, 4.69) is 5.32 Å². The molecule has 7 heteroatoms. The summed E-state index contributed by atoms with van der Waals surface area (Å²) in [5.74, 6) is -0.812. The van der Waals surface area contributed by atoms with E-state index in [9.17, 15) is 14.0 Å². The third-order valence-electron chi connectivity index (χ3n) is 4.15. The minimum atomic E-state index is -0.514. The SMILES string of the molecule is O=C(COc1ccccc1F)Nc1ccc(CC(=O)N2CCOCC2)cc1. The Kier molecular flexibility index (Phi) is 6.38. The fraction of sp³-hybridized carbons (Fsp3) is 0.300. The predicted octanol–water partition coefficient (Wildman–Crippen LogP) is 2.24. The number of carbonyl (C=O) groups excluding carboxylic acids is 2. The first-order valence-corrected chi connectivity index (χ1v) is 8.73. The van der Waals surface area contributed by atoms with Gasteiger partial charge in [-0.25, -0.2) is 4.39 Å². The van der Waals surface area contributed by atoms with Crippen LogP contribution in [0.25, 0.3) is 0 Å². The zero-order valence-electron chi connectivity index (χ0n) is 14.8. The van der Waals surface area contributed by atoms with Crippen LogP contribution in [0.15, 0.2) is 48.5 Å². The molecule has 2 aromatic carbocycles. The Morgan fingerprint density at radius 2 is 1.78 bits per heavy atom. The van der Waals surface area contributed by atoms with E-state index in [1.54, 1.807) is 41.3 Å². The highest BCUT2D eigenvalue weighted by Crippen LogP contribution is 2.16. The van der Waals surface area contributed by atoms with Gasteiger partial charge >= 0.3 is 0 Å². The fourth-order valence-electron chi connectivity index (χ4n) is 2.71. The lowest BCUT2D eigenvalue weighted by Crippen LogP contribution is -2.41. The van der Waals surface area contributed by atoms with E-state index in [-0.39, 0.29) is 18.3 Å². The molecule has 1 aliphatic rings. The van der Waals surface area contributed by atoms with Crippen LogP contribution in [0.2, 0.25) is 0 Å². The molecule has 27 heavy (non-hydrogen) atoms. The number of rotatable bonds is 6. The van der Waals surface area contributed by atoms with Crippen LogP contribution in [-0.4, -0.2) is 49.6 Å². The molecule has 6 nitrogen and oxygen atoms in total. The molecular formula is C20H21FN2O4. The summed E-state index contributed by atoms with van der Waals surface area (Å²) in [6.45, 7) is 2.10. The van der Waals surface area contributed by atoms with Crippen molar-refractivity contribution in [3.8, 4) is 5.75 Å². The van der Waals surface area contributed by atoms with E-state index in [1.807, 2.05) is 0 Å². The summed E-state index contributed by atoms with van der Waals surface area (Å²) >= 11 is 0. The normalized spacial score (nSPS) is 13.9. The molecule has 1 saturated heterocycles. The number of nitrogens with zero attached hydrogens (tertiary/aromatic N) is 1. The summed E-state index contributed by atoms with van der Waals surface area (Å²) in [6, 6.07) is 13.0. The fourth-order valence-corrected chi connectivity index (χ4v) is 2.71. The molecule has 1 N–H and O–H groups in total. The monoisotopic (exact) mass is 372 g/mol. The quantitative estimate of drug-likeness (QED) is 0.845. The van der Waals surface area contributed by atoms with Crippen LogP contribution >= 0.6 is 0 Å². The van der Waals surface area contributed by atoms with Gasteiger partial charge in [-0.2, -0.15) is 0 Å². The van der Waals surface area contributed by atoms with Gasteiger partial charge in [0.15, 0.2) is 18.2 Å². The molecule has 0 aliphatic carbocycles. The average molecular weight is 372 g/mol. The number of benzene rings is 2. The lowest BCUT2D eigenvalue weighted by Gasteiger charge is -2.26. The Morgan fingerprint density at radius 3 is 2.48 bits per heavy atom. The highest BCUT2D eigenvalue weighted by Gasteiger charge is 2.17. The van der Waals surface area contributed by atoms with Gasteiger partial charge in [0.05, 0.1) is 19.6 Å². The van der Waals surface area contributed by atoms with E-state index in [4.69, 9.17) is 9.47 Å². The minimum Gasteiger partial charge on any atom is -0.481 e. The predicted molar refractivity (Wildman–Crippen MR) is 98.1 cm³/mol. The molecule has 2 amide bonds. The summed E-state index contributed by atoms with van der Waals surface area (Å²) in [4.78, 5) is 26.0. The van der Waals surface area contributed by atoms with Crippen molar-refractivity contribution in [1.82, 2.24) is 4.90 Å². The molecule has 1 fully saturated rings. The molecule has 0 atom stereocenters. The molecule has 0 radical (unpaired) electrons. The number of para-hydroxylation sites is 1. The molecule has 0 aromatic heterocycles. The van der Waals surface area contributed by atoms with Crippen LogP contribution in [0.5, 0.6) is 5.75 Å². The first-order chi connectivity index (χ1) is 13.1. The van der Waals surface area contributed by atoms with Crippen LogP contribution in [0.3, 0.4) is 0 Å². The Balaban J connectivity index is 1.47. The summed E-state index contributed by atoms with van der Waals surface area (Å²) in [6.07, 6.45) is 0.310. The number of carbonyl (C=O) groups is 2. The van der Waals surface area contributed by atoms with E-state index in [1.165, 1.54) is 12.1 Å². The summed E-state index contributed by atoms with van der Waals surface area (Å²) in [5.41, 5.74) is 1.45. The zero-order valence-corrected chi connectivity index (χ0v) is 14.8. The van der Waals surface area contributed by atoms with E-state index in [0.717, 1.165) is 5.56 Å². The molecule has 0 saturated carbocycles. The van der Waals surface area contributed by atoms with Crippen LogP contribution in [0, 0.1) is 5.82 Å². The van der Waals surface area contributed by atoms with Gasteiger partial charge in [0, 0.05) is 18.8 Å². The van der Waals surface area contributed by atoms with Gasteiger partial charge < -0.3 is 19.7 Å². The van der Waals surface area contributed by atoms with Gasteiger partial charge in [-0.1, -0.05) is 24.3 Å². The number of anilines is 1. The summed E-state index contributed by atoms with van der Waals surface area (Å²) < 4.78 is 23.9. The second kappa shape index (κ2) is 9.14. The molecule has 0 unspecified atom stereocenters. The lowest BCUT2D eigenvalue weighted by molar-refractivity contribution is -0.134. The second-order valence-corrected chi connectivity index (χ2v) is 6.13. The van der Waals surface area contributed by atoms with Gasteiger partial charge in [0.1, 0.15) is 0 Å². The number of morpholine rings is 1. The van der Waals surface area contributed by atoms with Crippen molar-refractivity contribution in [3.63, 3.8) is 0 Å². The number of amides is 2. The van der Waals surface area contributed by atoms with Gasteiger partial charge in [-0.15, -0.1) is 0 Å². The van der Waals surface area contributed by atoms with Crippen molar-refractivity contribution in [3.05, 3.63) is 59.9 Å². The van der Waals surface area contributed by atoms with Crippen molar-refractivity contribution in [2.75, 3.05) is 38.2 Å². The van der Waals surface area contributed by atoms with Gasteiger partial charge in [0.25, 0.3) is 5.91 Å². The molecule has 2 aromatic rings. The Morgan fingerprint density at radius 1 is 1.07 bits per heavy atom. The van der Waals surface area contributed by atoms with Crippen molar-refractivity contribution in [1.29, 1.82) is 0 Å². The Hall–Kier alpha value is -2.93. The van der Waals surface area contributed by atoms with Gasteiger partial charge in [-0.05, 0) is 29.8 Å². The largest absolute Gasteiger partial charge is 0.481 e. The number of halogens is 1. The summed E-state index contributed by atoms with van der Waals surface area (Å²) in [7, 11) is 0. The standard InChI is InChI=1S/C20H21FN2O4/c21-17-3-1-2-4-18(17)27-14-19(24)22-16-7-5-15(6-8-16)13-20(25)23-9-11-26-12-10-23/h1-8H,9-14H2,(H,22,24). The maximum absolute atomic E-state index is 13.5. The third kappa shape index (κ3) is 5.52. The Labute approximate surface area is 156 Å². The maximum atomic E-state index is 13.5. The third-order valence-corrected chi connectivity index (χ3v) is 4.15. The zero-order chi connectivity index (χ0) is 19.1. The van der Waals surface area contributed by atoms with Crippen LogP contribution in [-0.2, 0) is 20.7 Å². The molecule has 0 spiro atoms. The van der Waals surface area contributed by atoms with E-state index in [0.29, 0.717) is 38.4 Å². The number of ether oxygens (including phenoxy) is 2. The van der Waals surface area contributed by atoms with E-state index >= 15 is 0 Å². The first kappa shape index (κ1) is 18.8. The number of nitrogens with one attached hydrogen (secondary N) is 1. The molecule has 1 aliphatic heterocycles. The molecular weight excluding hydrogens is 351 g/mol. The first-order valence-electron chi connectivity index (χ1n) is 8.73. The van der Waals surface area contributed by atoms with Crippen molar-refractivity contribution in [2.24, 2.45) is 0 Å². The minimum absolute atomic E-state index is 0.0321. The average Bonchev–Trinajstić information content (AvgIpc) is 2.69. The number of hydrogen-bond acceptors (Lipinski definition) is 4. The molecule has 1 heterocycles. The van der Waals surface area contributed by atoms with Crippen LogP contribution < -0.4 is 10.1 Å². The topological polar surface area (TPSA) is 67.9 Å². The number of hydrogen-bond donors (Lipinski definition) is 1. The maximum Gasteiger partial charge on any atom is 0.262 e. The summed E-state index contributed by atoms with van der Waals surface area (Å²) in [5, 5.41) is 2.68. The molecule has 3 rings (SSSR count). The smallest absolute Gasteiger partial charge is 0.262 e. The molecule has 0 bridgehead atoms. The Bertz CT molecular complexity index is 789. The second-order valence-electron chi connectivity index (χ2n) is 6.13. The van der Waals surface area contributed by atoms with Gasteiger partial charge in [0.2, 0.25) is 5.91 Å². The highest BCUT2D eigenvalue weighted by molar-refractivity contribution is 5.92. The van der Waals surface area contributed by atoms with E-state index < -0.39 is 11.7 Å². The van der Waals surface area contributed by atoms with Gasteiger partial charge in [-0.3, -0.25) is 9.59 Å². The highest BCUT2D eigenvalue weighted by atomic mass is 19.1. The van der Waals surface area contributed by atoms with Crippen molar-refractivity contribution >= 4 is 17.5 Å². The van der Waals surface area contributed by atoms with Crippen LogP contribution in [0.4, 0.5) is 10.1 Å². The van der Waals surface area contributed by atoms with Crippen molar-refractivity contribution < 1.29 is 23.5 Å². The lowest BCUT2D eigenvalue weighted by atomic mass is 10.1. The van der Waals surface area contributed by atoms with Crippen LogP contribution in [0.1, 0.15) is 5.56 Å². The molecule has 142 valence electrons. The van der Waals surface area contributed by atoms with Crippen molar-refractivity contribution in [2.45, 2.75) is 6.42 Å².